The molecule has 0 spiro atoms. The number of thiazole rings is 1. The van der Waals surface area contributed by atoms with Gasteiger partial charge in [-0.3, -0.25) is 4.90 Å². The lowest BCUT2D eigenvalue weighted by Gasteiger charge is -2.15. The molecule has 1 heterocycles. The molecule has 0 aliphatic heterocycles. The van der Waals surface area contributed by atoms with Gasteiger partial charge in [0.15, 0.2) is 0 Å². The second-order valence-electron chi connectivity index (χ2n) is 4.25. The summed E-state index contributed by atoms with van der Waals surface area (Å²) in [5.74, 6) is -0.966. The van der Waals surface area contributed by atoms with Crippen molar-refractivity contribution < 1.29 is 9.90 Å². The average Bonchev–Trinajstić information content (AvgIpc) is 2.80. The molecule has 0 aliphatic carbocycles. The van der Waals surface area contributed by atoms with Crippen molar-refractivity contribution in [3.63, 3.8) is 0 Å². The fraction of sp³-hybridized carbons (Fsp3) is 0.231. The van der Waals surface area contributed by atoms with E-state index in [0.29, 0.717) is 6.54 Å². The molecule has 0 fully saturated rings. The fourth-order valence-corrected chi connectivity index (χ4v) is 2.62. The smallest absolute Gasteiger partial charge is 0.365 e. The molecule has 0 saturated carbocycles. The first-order valence-electron chi connectivity index (χ1n) is 5.65. The quantitative estimate of drug-likeness (QED) is 0.907. The average molecular weight is 341 g/mol. The molecule has 0 aliphatic rings. The minimum absolute atomic E-state index is 0.145. The minimum atomic E-state index is -0.966. The maximum absolute atomic E-state index is 10.8. The maximum atomic E-state index is 10.8. The zero-order valence-electron chi connectivity index (χ0n) is 10.3. The summed E-state index contributed by atoms with van der Waals surface area (Å²) >= 11 is 4.57. The van der Waals surface area contributed by atoms with Gasteiger partial charge >= 0.3 is 5.97 Å². The van der Waals surface area contributed by atoms with Crippen molar-refractivity contribution in [1.29, 1.82) is 0 Å². The van der Waals surface area contributed by atoms with Crippen LogP contribution in [0.5, 0.6) is 0 Å². The predicted octanol–water partition coefficient (Wildman–Crippen LogP) is 3.24. The molecule has 0 saturated heterocycles. The Morgan fingerprint density at radius 1 is 1.37 bits per heavy atom. The largest absolute Gasteiger partial charge is 0.476 e. The van der Waals surface area contributed by atoms with Crippen molar-refractivity contribution in [2.45, 2.75) is 13.1 Å². The van der Waals surface area contributed by atoms with Crippen LogP contribution in [0.4, 0.5) is 0 Å². The molecule has 19 heavy (non-hydrogen) atoms. The van der Waals surface area contributed by atoms with Crippen LogP contribution in [-0.4, -0.2) is 28.0 Å². The first-order chi connectivity index (χ1) is 9.04. The predicted molar refractivity (Wildman–Crippen MR) is 78.4 cm³/mol. The highest BCUT2D eigenvalue weighted by molar-refractivity contribution is 9.10. The molecule has 0 unspecified atom stereocenters. The number of aromatic carboxylic acids is 1. The number of carboxylic acid groups (broad SMARTS) is 1. The molecule has 0 radical (unpaired) electrons. The van der Waals surface area contributed by atoms with Crippen LogP contribution < -0.4 is 0 Å². The van der Waals surface area contributed by atoms with Crippen LogP contribution in [0.3, 0.4) is 0 Å². The van der Waals surface area contributed by atoms with Crippen molar-refractivity contribution in [2.24, 2.45) is 0 Å². The zero-order chi connectivity index (χ0) is 13.8. The van der Waals surface area contributed by atoms with E-state index in [-0.39, 0.29) is 5.01 Å². The van der Waals surface area contributed by atoms with Gasteiger partial charge in [0.25, 0.3) is 0 Å². The van der Waals surface area contributed by atoms with Crippen LogP contribution >= 0.6 is 27.3 Å². The summed E-state index contributed by atoms with van der Waals surface area (Å²) in [6, 6.07) is 8.14. The van der Waals surface area contributed by atoms with Crippen LogP contribution in [0.2, 0.25) is 0 Å². The summed E-state index contributed by atoms with van der Waals surface area (Å²) in [5, 5.41) is 10.8. The topological polar surface area (TPSA) is 53.4 Å². The molecule has 2 aromatic rings. The summed E-state index contributed by atoms with van der Waals surface area (Å²) < 4.78 is 1.06. The Labute approximate surface area is 123 Å². The molecule has 1 aromatic carbocycles. The molecule has 0 atom stereocenters. The minimum Gasteiger partial charge on any atom is -0.476 e. The third-order valence-corrected chi connectivity index (χ3v) is 3.94. The maximum Gasteiger partial charge on any atom is 0.365 e. The van der Waals surface area contributed by atoms with Crippen LogP contribution in [0, 0.1) is 0 Å². The molecule has 1 N–H and O–H groups in total. The number of halogens is 1. The van der Waals surface area contributed by atoms with Gasteiger partial charge in [-0.15, -0.1) is 11.3 Å². The first-order valence-corrected chi connectivity index (χ1v) is 7.32. The Bertz CT molecular complexity index is 568. The number of benzene rings is 1. The lowest BCUT2D eigenvalue weighted by Crippen LogP contribution is -2.17. The SMILES string of the molecule is CN(Cc1ccc(Br)cc1)Cc1csc(C(=O)O)n1. The second kappa shape index (κ2) is 6.27. The first kappa shape index (κ1) is 14.2. The van der Waals surface area contributed by atoms with E-state index in [4.69, 9.17) is 5.11 Å². The van der Waals surface area contributed by atoms with E-state index in [2.05, 4.69) is 37.9 Å². The van der Waals surface area contributed by atoms with Crippen LogP contribution in [0.1, 0.15) is 21.1 Å². The van der Waals surface area contributed by atoms with Crippen LogP contribution in [0.25, 0.3) is 0 Å². The Morgan fingerprint density at radius 3 is 2.63 bits per heavy atom. The monoisotopic (exact) mass is 340 g/mol. The Morgan fingerprint density at radius 2 is 2.05 bits per heavy atom. The summed E-state index contributed by atoms with van der Waals surface area (Å²) in [6.07, 6.45) is 0. The van der Waals surface area contributed by atoms with Crippen molar-refractivity contribution in [3.05, 3.63) is 50.4 Å². The van der Waals surface area contributed by atoms with Gasteiger partial charge in [0.1, 0.15) is 0 Å². The summed E-state index contributed by atoms with van der Waals surface area (Å²) in [4.78, 5) is 16.9. The van der Waals surface area contributed by atoms with Gasteiger partial charge < -0.3 is 5.11 Å². The number of nitrogens with zero attached hydrogens (tertiary/aromatic N) is 2. The Balaban J connectivity index is 1.94. The van der Waals surface area contributed by atoms with Gasteiger partial charge in [0.2, 0.25) is 5.01 Å². The van der Waals surface area contributed by atoms with Crippen molar-refractivity contribution >= 4 is 33.2 Å². The van der Waals surface area contributed by atoms with E-state index in [9.17, 15) is 4.79 Å². The van der Waals surface area contributed by atoms with E-state index in [1.807, 2.05) is 19.2 Å². The third-order valence-electron chi connectivity index (χ3n) is 2.53. The standard InChI is InChI=1S/C13H13BrN2O2S/c1-16(6-9-2-4-10(14)5-3-9)7-11-8-19-12(15-11)13(17)18/h2-5,8H,6-7H2,1H3,(H,17,18). The van der Waals surface area contributed by atoms with E-state index in [0.717, 1.165) is 28.0 Å². The highest BCUT2D eigenvalue weighted by atomic mass is 79.9. The van der Waals surface area contributed by atoms with Gasteiger partial charge in [-0.1, -0.05) is 28.1 Å². The second-order valence-corrected chi connectivity index (χ2v) is 6.02. The zero-order valence-corrected chi connectivity index (χ0v) is 12.7. The fourth-order valence-electron chi connectivity index (χ4n) is 1.71. The van der Waals surface area contributed by atoms with Crippen molar-refractivity contribution in [3.8, 4) is 0 Å². The highest BCUT2D eigenvalue weighted by Crippen LogP contribution is 2.14. The van der Waals surface area contributed by atoms with Crippen molar-refractivity contribution in [1.82, 2.24) is 9.88 Å². The molecular weight excluding hydrogens is 328 g/mol. The number of rotatable bonds is 5. The molecule has 4 nitrogen and oxygen atoms in total. The summed E-state index contributed by atoms with van der Waals surface area (Å²) in [6.45, 7) is 1.44. The van der Waals surface area contributed by atoms with Gasteiger partial charge in [-0.05, 0) is 24.7 Å². The lowest BCUT2D eigenvalue weighted by molar-refractivity contribution is 0.0696. The number of carboxylic acids is 1. The van der Waals surface area contributed by atoms with Gasteiger partial charge in [-0.25, -0.2) is 9.78 Å². The number of aromatic nitrogens is 1. The third kappa shape index (κ3) is 4.12. The molecule has 6 heteroatoms. The molecular formula is C13H13BrN2O2S. The van der Waals surface area contributed by atoms with E-state index in [1.54, 1.807) is 5.38 Å². The van der Waals surface area contributed by atoms with E-state index < -0.39 is 5.97 Å². The normalized spacial score (nSPS) is 10.9. The highest BCUT2D eigenvalue weighted by Gasteiger charge is 2.10. The van der Waals surface area contributed by atoms with Gasteiger partial charge in [0, 0.05) is 22.9 Å². The molecule has 0 amide bonds. The Kier molecular flexibility index (Phi) is 4.68. The summed E-state index contributed by atoms with van der Waals surface area (Å²) in [7, 11) is 1.99. The van der Waals surface area contributed by atoms with Crippen LogP contribution in [-0.2, 0) is 13.1 Å². The van der Waals surface area contributed by atoms with Gasteiger partial charge in [-0.2, -0.15) is 0 Å². The molecule has 100 valence electrons. The number of carbonyl (C=O) groups is 1. The molecule has 1 aromatic heterocycles. The van der Waals surface area contributed by atoms with Gasteiger partial charge in [0.05, 0.1) is 5.69 Å². The summed E-state index contributed by atoms with van der Waals surface area (Å²) in [5.41, 5.74) is 2.00. The lowest BCUT2D eigenvalue weighted by atomic mass is 10.2. The number of hydrogen-bond donors (Lipinski definition) is 1. The van der Waals surface area contributed by atoms with E-state index in [1.165, 1.54) is 5.56 Å². The van der Waals surface area contributed by atoms with E-state index >= 15 is 0 Å². The van der Waals surface area contributed by atoms with Crippen molar-refractivity contribution in [2.75, 3.05) is 7.05 Å². The molecule has 0 bridgehead atoms. The van der Waals surface area contributed by atoms with Crippen LogP contribution in [0.15, 0.2) is 34.1 Å². The number of hydrogen-bond acceptors (Lipinski definition) is 4. The molecule has 2 rings (SSSR count). The Hall–Kier alpha value is -1.24.